The molecule has 1 aliphatic rings. The van der Waals surface area contributed by atoms with Crippen molar-refractivity contribution in [1.29, 1.82) is 0 Å². The lowest BCUT2D eigenvalue weighted by Crippen LogP contribution is -2.36. The summed E-state index contributed by atoms with van der Waals surface area (Å²) in [7, 11) is 2.15. The number of hydrogen-bond acceptors (Lipinski definition) is 6. The summed E-state index contributed by atoms with van der Waals surface area (Å²) < 4.78 is 19.3. The van der Waals surface area contributed by atoms with Gasteiger partial charge in [0, 0.05) is 45.5 Å². The molecule has 2 aromatic carbocycles. The summed E-state index contributed by atoms with van der Waals surface area (Å²) in [6.45, 7) is 8.67. The number of likely N-dealkylation sites (tertiary alicyclic amines) is 1. The van der Waals surface area contributed by atoms with E-state index in [0.717, 1.165) is 75.4 Å². The summed E-state index contributed by atoms with van der Waals surface area (Å²) in [5.41, 5.74) is 2.36. The maximum Gasteiger partial charge on any atom is 0.314 e. The number of aromatic nitrogens is 1. The van der Waals surface area contributed by atoms with Crippen LogP contribution in [0.25, 0.3) is 0 Å². The summed E-state index contributed by atoms with van der Waals surface area (Å²) in [5, 5.41) is 5.91. The standard InChI is InChI=1S/C37H53FN6O2/c1-42(26-27-44(36-15-5-7-20-39-36)31-32-16-18-34(38)19-17-32)23-8-3-2-6-21-40-37(45)41-22-12-28-46-35-14-11-13-33(29-35)30-43-24-9-4-10-25-43/h5,7,11,13-20,29H,2-4,6,8-10,12,21-28,30-31H2,1H3,(H2,40,41,45). The normalized spacial score (nSPS) is 13.5. The van der Waals surface area contributed by atoms with Crippen molar-refractivity contribution in [1.82, 2.24) is 25.4 Å². The Morgan fingerprint density at radius 1 is 0.848 bits per heavy atom. The molecule has 2 N–H and O–H groups in total. The predicted octanol–water partition coefficient (Wildman–Crippen LogP) is 6.47. The van der Waals surface area contributed by atoms with E-state index in [2.05, 4.69) is 55.6 Å². The van der Waals surface area contributed by atoms with Crippen molar-refractivity contribution in [2.45, 2.75) is 64.5 Å². The van der Waals surface area contributed by atoms with Crippen molar-refractivity contribution in [2.75, 3.05) is 64.4 Å². The Labute approximate surface area is 275 Å². The number of nitrogens with zero attached hydrogens (tertiary/aromatic N) is 4. The molecule has 1 aromatic heterocycles. The summed E-state index contributed by atoms with van der Waals surface area (Å²) >= 11 is 0. The van der Waals surface area contributed by atoms with Gasteiger partial charge < -0.3 is 25.2 Å². The zero-order valence-corrected chi connectivity index (χ0v) is 27.6. The zero-order chi connectivity index (χ0) is 32.2. The van der Waals surface area contributed by atoms with Crippen LogP contribution in [-0.2, 0) is 13.1 Å². The van der Waals surface area contributed by atoms with Crippen molar-refractivity contribution in [3.8, 4) is 5.75 Å². The molecular weight excluding hydrogens is 579 g/mol. The van der Waals surface area contributed by atoms with E-state index in [1.807, 2.05) is 42.6 Å². The summed E-state index contributed by atoms with van der Waals surface area (Å²) in [4.78, 5) is 23.8. The van der Waals surface area contributed by atoms with Crippen LogP contribution in [0.2, 0.25) is 0 Å². The van der Waals surface area contributed by atoms with E-state index < -0.39 is 0 Å². The molecule has 0 atom stereocenters. The minimum Gasteiger partial charge on any atom is -0.494 e. The number of unbranched alkanes of at least 4 members (excludes halogenated alkanes) is 3. The lowest BCUT2D eigenvalue weighted by atomic mass is 10.1. The smallest absolute Gasteiger partial charge is 0.314 e. The molecule has 0 radical (unpaired) electrons. The first kappa shape index (κ1) is 35.2. The lowest BCUT2D eigenvalue weighted by molar-refractivity contribution is 0.220. The average Bonchev–Trinajstić information content (AvgIpc) is 3.08. The monoisotopic (exact) mass is 632 g/mol. The van der Waals surface area contributed by atoms with Crippen molar-refractivity contribution in [2.24, 2.45) is 0 Å². The number of benzene rings is 2. The highest BCUT2D eigenvalue weighted by Gasteiger charge is 2.12. The number of amides is 2. The van der Waals surface area contributed by atoms with Gasteiger partial charge in [-0.3, -0.25) is 4.90 Å². The fourth-order valence-corrected chi connectivity index (χ4v) is 5.73. The summed E-state index contributed by atoms with van der Waals surface area (Å²) in [5.74, 6) is 1.61. The number of anilines is 1. The van der Waals surface area contributed by atoms with Crippen LogP contribution in [-0.4, -0.2) is 80.3 Å². The molecule has 1 fully saturated rings. The first-order valence-corrected chi connectivity index (χ1v) is 17.1. The van der Waals surface area contributed by atoms with E-state index in [1.54, 1.807) is 0 Å². The maximum absolute atomic E-state index is 13.4. The van der Waals surface area contributed by atoms with Crippen molar-refractivity contribution in [3.63, 3.8) is 0 Å². The Morgan fingerprint density at radius 2 is 1.63 bits per heavy atom. The minimum absolute atomic E-state index is 0.110. The molecule has 0 aliphatic carbocycles. The van der Waals surface area contributed by atoms with E-state index >= 15 is 0 Å². The zero-order valence-electron chi connectivity index (χ0n) is 27.6. The quantitative estimate of drug-likeness (QED) is 0.139. The second kappa shape index (κ2) is 20.4. The van der Waals surface area contributed by atoms with Gasteiger partial charge in [-0.15, -0.1) is 0 Å². The number of rotatable bonds is 20. The largest absolute Gasteiger partial charge is 0.494 e. The van der Waals surface area contributed by atoms with Crippen LogP contribution in [0.4, 0.5) is 15.0 Å². The summed E-state index contributed by atoms with van der Waals surface area (Å²) in [6.07, 6.45) is 10.8. The molecule has 2 amide bonds. The molecule has 8 nitrogen and oxygen atoms in total. The first-order chi connectivity index (χ1) is 22.5. The Balaban J connectivity index is 0.994. The number of hydrogen-bond donors (Lipinski definition) is 2. The van der Waals surface area contributed by atoms with E-state index in [9.17, 15) is 9.18 Å². The summed E-state index contributed by atoms with van der Waals surface area (Å²) in [6, 6.07) is 20.9. The van der Waals surface area contributed by atoms with E-state index in [0.29, 0.717) is 26.2 Å². The van der Waals surface area contributed by atoms with Crippen LogP contribution < -0.4 is 20.3 Å². The molecule has 0 unspecified atom stereocenters. The maximum atomic E-state index is 13.4. The van der Waals surface area contributed by atoms with Crippen LogP contribution >= 0.6 is 0 Å². The Bertz CT molecular complexity index is 1260. The molecule has 4 rings (SSSR count). The van der Waals surface area contributed by atoms with Gasteiger partial charge in [0.15, 0.2) is 0 Å². The molecule has 46 heavy (non-hydrogen) atoms. The Hall–Kier alpha value is -3.69. The molecule has 3 aromatic rings. The third-order valence-corrected chi connectivity index (χ3v) is 8.39. The van der Waals surface area contributed by atoms with Gasteiger partial charge in [-0.1, -0.05) is 49.6 Å². The topological polar surface area (TPSA) is 73.0 Å². The predicted molar refractivity (Wildman–Crippen MR) is 185 cm³/mol. The van der Waals surface area contributed by atoms with Gasteiger partial charge >= 0.3 is 6.03 Å². The molecule has 0 spiro atoms. The van der Waals surface area contributed by atoms with Crippen LogP contribution in [0.15, 0.2) is 72.9 Å². The molecule has 0 bridgehead atoms. The molecule has 0 saturated carbocycles. The first-order valence-electron chi connectivity index (χ1n) is 17.1. The van der Waals surface area contributed by atoms with Crippen LogP contribution in [0, 0.1) is 5.82 Å². The fourth-order valence-electron chi connectivity index (χ4n) is 5.73. The number of likely N-dealkylation sites (N-methyl/N-ethyl adjacent to an activating group) is 1. The molecule has 250 valence electrons. The van der Waals surface area contributed by atoms with Gasteiger partial charge in [0.05, 0.1) is 6.61 Å². The van der Waals surface area contributed by atoms with Crippen LogP contribution in [0.3, 0.4) is 0 Å². The van der Waals surface area contributed by atoms with Gasteiger partial charge in [-0.05, 0) is 106 Å². The highest BCUT2D eigenvalue weighted by atomic mass is 19.1. The molecule has 1 saturated heterocycles. The van der Waals surface area contributed by atoms with E-state index in [-0.39, 0.29) is 11.8 Å². The number of urea groups is 1. The SMILES string of the molecule is CN(CCCCCCNC(=O)NCCCOc1cccc(CN2CCCCC2)c1)CCN(Cc1ccc(F)cc1)c1ccccn1. The molecule has 1 aliphatic heterocycles. The number of carbonyl (C=O) groups is 1. The number of nitrogens with one attached hydrogen (secondary N) is 2. The Morgan fingerprint density at radius 3 is 2.41 bits per heavy atom. The minimum atomic E-state index is -0.218. The van der Waals surface area contributed by atoms with Crippen molar-refractivity contribution in [3.05, 3.63) is 89.9 Å². The van der Waals surface area contributed by atoms with Gasteiger partial charge in [-0.25, -0.2) is 14.2 Å². The van der Waals surface area contributed by atoms with Gasteiger partial charge in [0.1, 0.15) is 17.4 Å². The fraction of sp³-hybridized carbons (Fsp3) is 0.514. The van der Waals surface area contributed by atoms with Crippen molar-refractivity contribution < 1.29 is 13.9 Å². The van der Waals surface area contributed by atoms with E-state index in [4.69, 9.17) is 4.74 Å². The van der Waals surface area contributed by atoms with Gasteiger partial charge in [0.25, 0.3) is 0 Å². The van der Waals surface area contributed by atoms with Crippen LogP contribution in [0.5, 0.6) is 5.75 Å². The number of pyridine rings is 1. The second-order valence-corrected chi connectivity index (χ2v) is 12.3. The third kappa shape index (κ3) is 13.7. The molecule has 9 heteroatoms. The lowest BCUT2D eigenvalue weighted by Gasteiger charge is -2.27. The average molecular weight is 633 g/mol. The van der Waals surface area contributed by atoms with Gasteiger partial charge in [0.2, 0.25) is 0 Å². The van der Waals surface area contributed by atoms with Gasteiger partial charge in [-0.2, -0.15) is 0 Å². The van der Waals surface area contributed by atoms with Crippen molar-refractivity contribution >= 4 is 11.8 Å². The Kier molecular flexibility index (Phi) is 15.6. The highest BCUT2D eigenvalue weighted by molar-refractivity contribution is 5.73. The second-order valence-electron chi connectivity index (χ2n) is 12.3. The number of piperidine rings is 1. The highest BCUT2D eigenvalue weighted by Crippen LogP contribution is 2.18. The molecule has 2 heterocycles. The third-order valence-electron chi connectivity index (χ3n) is 8.39. The molecular formula is C37H53FN6O2. The number of halogens is 1. The van der Waals surface area contributed by atoms with Crippen LogP contribution in [0.1, 0.15) is 62.5 Å². The number of carbonyl (C=O) groups excluding carboxylic acids is 1. The van der Waals surface area contributed by atoms with E-state index in [1.165, 1.54) is 50.0 Å². The number of ether oxygens (including phenoxy) is 1.